The molecule has 1 fully saturated rings. The summed E-state index contributed by atoms with van der Waals surface area (Å²) < 4.78 is 5.20. The van der Waals surface area contributed by atoms with Crippen molar-refractivity contribution in [2.75, 3.05) is 33.4 Å². The number of ether oxygens (including phenoxy) is 1. The average Bonchev–Trinajstić information content (AvgIpc) is 2.06. The smallest absolute Gasteiger partial charge is 0.0491 e. The monoisotopic (exact) mass is 199 g/mol. The predicted molar refractivity (Wildman–Crippen MR) is 60.5 cm³/mol. The van der Waals surface area contributed by atoms with Crippen LogP contribution >= 0.6 is 0 Å². The third-order valence-corrected chi connectivity index (χ3v) is 2.81. The quantitative estimate of drug-likeness (QED) is 0.692. The zero-order valence-electron chi connectivity index (χ0n) is 10.2. The van der Waals surface area contributed by atoms with Crippen LogP contribution in [0.4, 0.5) is 0 Å². The van der Waals surface area contributed by atoms with E-state index >= 15 is 0 Å². The number of methoxy groups -OCH3 is 1. The second kappa shape index (κ2) is 5.13. The zero-order valence-corrected chi connectivity index (χ0v) is 10.2. The van der Waals surface area contributed by atoms with E-state index in [1.807, 2.05) is 7.11 Å². The summed E-state index contributed by atoms with van der Waals surface area (Å²) in [6.07, 6.45) is 2.62. The summed E-state index contributed by atoms with van der Waals surface area (Å²) in [5, 5.41) is 0. The first-order chi connectivity index (χ1) is 6.51. The minimum Gasteiger partial charge on any atom is -0.384 e. The minimum absolute atomic E-state index is 0.439. The first-order valence-corrected chi connectivity index (χ1v) is 5.72. The van der Waals surface area contributed by atoms with E-state index in [0.717, 1.165) is 12.5 Å². The topological polar surface area (TPSA) is 12.5 Å². The van der Waals surface area contributed by atoms with E-state index in [0.29, 0.717) is 5.41 Å². The molecule has 0 atom stereocenters. The van der Waals surface area contributed by atoms with Crippen LogP contribution in [0.25, 0.3) is 0 Å². The molecule has 84 valence electrons. The Bertz CT molecular complexity index is 154. The Labute approximate surface area is 88.6 Å². The fraction of sp³-hybridized carbons (Fsp3) is 1.00. The van der Waals surface area contributed by atoms with Crippen molar-refractivity contribution in [2.24, 2.45) is 11.3 Å². The highest BCUT2D eigenvalue weighted by Gasteiger charge is 2.22. The van der Waals surface area contributed by atoms with Crippen LogP contribution in [0.2, 0.25) is 0 Å². The average molecular weight is 199 g/mol. The fourth-order valence-electron chi connectivity index (χ4n) is 2.22. The highest BCUT2D eigenvalue weighted by molar-refractivity contribution is 4.75. The van der Waals surface area contributed by atoms with Gasteiger partial charge in [0, 0.05) is 20.3 Å². The van der Waals surface area contributed by atoms with Crippen molar-refractivity contribution in [3.63, 3.8) is 0 Å². The lowest BCUT2D eigenvalue weighted by Crippen LogP contribution is -2.39. The lowest BCUT2D eigenvalue weighted by molar-refractivity contribution is 0.0844. The molecule has 1 aliphatic heterocycles. The molecule has 0 saturated carbocycles. The van der Waals surface area contributed by atoms with Crippen LogP contribution in [0.1, 0.15) is 33.6 Å². The normalized spacial score (nSPS) is 21.4. The molecule has 1 saturated heterocycles. The summed E-state index contributed by atoms with van der Waals surface area (Å²) in [4.78, 5) is 2.59. The van der Waals surface area contributed by atoms with E-state index in [1.54, 1.807) is 0 Å². The van der Waals surface area contributed by atoms with Gasteiger partial charge >= 0.3 is 0 Å². The van der Waals surface area contributed by atoms with Crippen LogP contribution in [0.5, 0.6) is 0 Å². The summed E-state index contributed by atoms with van der Waals surface area (Å²) in [5.74, 6) is 0.802. The van der Waals surface area contributed by atoms with Gasteiger partial charge in [-0.3, -0.25) is 0 Å². The van der Waals surface area contributed by atoms with Gasteiger partial charge in [-0.15, -0.1) is 0 Å². The van der Waals surface area contributed by atoms with E-state index in [2.05, 4.69) is 25.7 Å². The molecule has 1 heterocycles. The second-order valence-electron chi connectivity index (χ2n) is 5.74. The highest BCUT2D eigenvalue weighted by atomic mass is 16.5. The SMILES string of the molecule is COCC1CCN(CC(C)(C)C)CC1. The van der Waals surface area contributed by atoms with Gasteiger partial charge in [0.1, 0.15) is 0 Å². The molecule has 0 aromatic rings. The van der Waals surface area contributed by atoms with Gasteiger partial charge < -0.3 is 9.64 Å². The zero-order chi connectivity index (χ0) is 10.6. The van der Waals surface area contributed by atoms with Gasteiger partial charge in [-0.05, 0) is 37.3 Å². The van der Waals surface area contributed by atoms with Gasteiger partial charge in [-0.25, -0.2) is 0 Å². The van der Waals surface area contributed by atoms with E-state index < -0.39 is 0 Å². The molecule has 2 nitrogen and oxygen atoms in total. The van der Waals surface area contributed by atoms with Crippen molar-refractivity contribution < 1.29 is 4.74 Å². The molecule has 0 bridgehead atoms. The lowest BCUT2D eigenvalue weighted by atomic mass is 9.92. The Morgan fingerprint density at radius 2 is 1.79 bits per heavy atom. The minimum atomic E-state index is 0.439. The molecule has 0 aromatic carbocycles. The fourth-order valence-corrected chi connectivity index (χ4v) is 2.22. The molecule has 1 rings (SSSR count). The van der Waals surface area contributed by atoms with Crippen LogP contribution in [-0.2, 0) is 4.74 Å². The molecule has 0 unspecified atom stereocenters. The maximum Gasteiger partial charge on any atom is 0.0491 e. The third-order valence-electron chi connectivity index (χ3n) is 2.81. The van der Waals surface area contributed by atoms with Crippen LogP contribution < -0.4 is 0 Å². The standard InChI is InChI=1S/C12H25NO/c1-12(2,3)10-13-7-5-11(6-8-13)9-14-4/h11H,5-10H2,1-4H3. The van der Waals surface area contributed by atoms with Crippen molar-refractivity contribution in [3.05, 3.63) is 0 Å². The van der Waals surface area contributed by atoms with Crippen LogP contribution in [0, 0.1) is 11.3 Å². The number of rotatable bonds is 3. The molecular weight excluding hydrogens is 174 g/mol. The first kappa shape index (κ1) is 12.0. The van der Waals surface area contributed by atoms with Gasteiger partial charge in [0.15, 0.2) is 0 Å². The molecule has 0 radical (unpaired) electrons. The van der Waals surface area contributed by atoms with Crippen molar-refractivity contribution in [3.8, 4) is 0 Å². The maximum absolute atomic E-state index is 5.20. The van der Waals surface area contributed by atoms with Crippen LogP contribution in [0.3, 0.4) is 0 Å². The number of hydrogen-bond acceptors (Lipinski definition) is 2. The molecule has 14 heavy (non-hydrogen) atoms. The van der Waals surface area contributed by atoms with E-state index in [4.69, 9.17) is 4.74 Å². The van der Waals surface area contributed by atoms with Crippen molar-refractivity contribution in [1.29, 1.82) is 0 Å². The van der Waals surface area contributed by atoms with Gasteiger partial charge in [-0.1, -0.05) is 20.8 Å². The molecule has 0 N–H and O–H groups in total. The predicted octanol–water partition coefficient (Wildman–Crippen LogP) is 2.39. The number of piperidine rings is 1. The summed E-state index contributed by atoms with van der Waals surface area (Å²) in [7, 11) is 1.81. The molecule has 1 aliphatic rings. The maximum atomic E-state index is 5.20. The van der Waals surface area contributed by atoms with Crippen LogP contribution in [-0.4, -0.2) is 38.3 Å². The van der Waals surface area contributed by atoms with Gasteiger partial charge in [-0.2, -0.15) is 0 Å². The molecule has 0 spiro atoms. The number of nitrogens with zero attached hydrogens (tertiary/aromatic N) is 1. The van der Waals surface area contributed by atoms with Gasteiger partial charge in [0.05, 0.1) is 0 Å². The molecule has 2 heteroatoms. The molecule has 0 aromatic heterocycles. The Kier molecular flexibility index (Phi) is 4.39. The van der Waals surface area contributed by atoms with Crippen molar-refractivity contribution in [2.45, 2.75) is 33.6 Å². The Morgan fingerprint density at radius 3 is 2.21 bits per heavy atom. The Hall–Kier alpha value is -0.0800. The van der Waals surface area contributed by atoms with E-state index in [-0.39, 0.29) is 0 Å². The summed E-state index contributed by atoms with van der Waals surface area (Å²) in [6.45, 7) is 11.6. The summed E-state index contributed by atoms with van der Waals surface area (Å²) in [5.41, 5.74) is 0.439. The molecule has 0 aliphatic carbocycles. The summed E-state index contributed by atoms with van der Waals surface area (Å²) in [6, 6.07) is 0. The molecule has 0 amide bonds. The lowest BCUT2D eigenvalue weighted by Gasteiger charge is -2.35. The first-order valence-electron chi connectivity index (χ1n) is 5.72. The third kappa shape index (κ3) is 4.43. The highest BCUT2D eigenvalue weighted by Crippen LogP contribution is 2.21. The Morgan fingerprint density at radius 1 is 1.21 bits per heavy atom. The number of likely N-dealkylation sites (tertiary alicyclic amines) is 1. The molecular formula is C12H25NO. The number of hydrogen-bond donors (Lipinski definition) is 0. The van der Waals surface area contributed by atoms with Gasteiger partial charge in [0.2, 0.25) is 0 Å². The van der Waals surface area contributed by atoms with E-state index in [1.165, 1.54) is 32.5 Å². The van der Waals surface area contributed by atoms with Gasteiger partial charge in [0.25, 0.3) is 0 Å². The second-order valence-corrected chi connectivity index (χ2v) is 5.74. The van der Waals surface area contributed by atoms with Crippen LogP contribution in [0.15, 0.2) is 0 Å². The van der Waals surface area contributed by atoms with Crippen molar-refractivity contribution in [1.82, 2.24) is 4.90 Å². The Balaban J connectivity index is 2.22. The summed E-state index contributed by atoms with van der Waals surface area (Å²) >= 11 is 0. The van der Waals surface area contributed by atoms with E-state index in [9.17, 15) is 0 Å². The largest absolute Gasteiger partial charge is 0.384 e. The van der Waals surface area contributed by atoms with Crippen molar-refractivity contribution >= 4 is 0 Å².